The van der Waals surface area contributed by atoms with Crippen LogP contribution in [0.3, 0.4) is 0 Å². The number of rotatable bonds is 4. The van der Waals surface area contributed by atoms with Gasteiger partial charge in [-0.15, -0.1) is 10.2 Å². The van der Waals surface area contributed by atoms with E-state index in [1.807, 2.05) is 18.5 Å². The molecule has 0 aromatic carbocycles. The normalized spacial score (nSPS) is 29.4. The first-order valence-electron chi connectivity index (χ1n) is 8.08. The lowest BCUT2D eigenvalue weighted by Gasteiger charge is -2.50. The summed E-state index contributed by atoms with van der Waals surface area (Å²) >= 11 is 5.81. The van der Waals surface area contributed by atoms with Gasteiger partial charge in [0.25, 0.3) is 0 Å². The van der Waals surface area contributed by atoms with Crippen LogP contribution in [-0.4, -0.2) is 45.3 Å². The van der Waals surface area contributed by atoms with Crippen LogP contribution >= 0.6 is 11.6 Å². The fourth-order valence-electron chi connectivity index (χ4n) is 3.79. The van der Waals surface area contributed by atoms with Gasteiger partial charge >= 0.3 is 0 Å². The van der Waals surface area contributed by atoms with Crippen molar-refractivity contribution in [3.63, 3.8) is 0 Å². The molecule has 5 rings (SSSR count). The molecule has 2 aromatic rings. The van der Waals surface area contributed by atoms with Gasteiger partial charge in [-0.05, 0) is 56.0 Å². The Morgan fingerprint density at radius 2 is 2.04 bits per heavy atom. The van der Waals surface area contributed by atoms with Crippen LogP contribution in [0.4, 0.5) is 0 Å². The van der Waals surface area contributed by atoms with Crippen LogP contribution in [-0.2, 0) is 6.42 Å². The van der Waals surface area contributed by atoms with E-state index < -0.39 is 0 Å². The zero-order valence-electron chi connectivity index (χ0n) is 12.8. The van der Waals surface area contributed by atoms with Crippen molar-refractivity contribution in [1.29, 1.82) is 0 Å². The van der Waals surface area contributed by atoms with Crippen molar-refractivity contribution < 1.29 is 4.74 Å². The van der Waals surface area contributed by atoms with E-state index in [1.165, 1.54) is 18.4 Å². The third-order valence-corrected chi connectivity index (χ3v) is 5.12. The van der Waals surface area contributed by atoms with Gasteiger partial charge in [-0.25, -0.2) is 0 Å². The maximum atomic E-state index is 6.23. The topological polar surface area (TPSA) is 51.1 Å². The van der Waals surface area contributed by atoms with Crippen LogP contribution in [0, 0.1) is 5.92 Å². The number of hydrogen-bond donors (Lipinski definition) is 0. The zero-order valence-corrected chi connectivity index (χ0v) is 13.6. The van der Waals surface area contributed by atoms with Gasteiger partial charge in [0.15, 0.2) is 5.15 Å². The quantitative estimate of drug-likeness (QED) is 0.862. The van der Waals surface area contributed by atoms with Crippen LogP contribution in [0.25, 0.3) is 0 Å². The lowest BCUT2D eigenvalue weighted by atomic mass is 9.78. The maximum absolute atomic E-state index is 6.23. The second-order valence-corrected chi connectivity index (χ2v) is 6.67. The van der Waals surface area contributed by atoms with Crippen molar-refractivity contribution in [3.8, 4) is 5.88 Å². The molecule has 5 nitrogen and oxygen atoms in total. The molecule has 0 unspecified atom stereocenters. The van der Waals surface area contributed by atoms with E-state index in [9.17, 15) is 0 Å². The van der Waals surface area contributed by atoms with E-state index in [4.69, 9.17) is 16.3 Å². The van der Waals surface area contributed by atoms with Crippen LogP contribution in [0.5, 0.6) is 5.88 Å². The minimum atomic E-state index is 0.146. The van der Waals surface area contributed by atoms with Crippen molar-refractivity contribution >= 4 is 11.6 Å². The molecule has 2 bridgehead atoms. The van der Waals surface area contributed by atoms with Crippen molar-refractivity contribution in [3.05, 3.63) is 47.4 Å². The van der Waals surface area contributed by atoms with Gasteiger partial charge in [0.2, 0.25) is 5.88 Å². The molecule has 5 heterocycles. The average molecular weight is 331 g/mol. The summed E-state index contributed by atoms with van der Waals surface area (Å²) in [5, 5.41) is 8.33. The Hall–Kier alpha value is -1.72. The highest BCUT2D eigenvalue weighted by molar-refractivity contribution is 6.29. The van der Waals surface area contributed by atoms with Gasteiger partial charge in [0, 0.05) is 18.5 Å². The predicted molar refractivity (Wildman–Crippen MR) is 87.5 cm³/mol. The third kappa shape index (κ3) is 3.16. The molecule has 23 heavy (non-hydrogen) atoms. The number of hydrogen-bond acceptors (Lipinski definition) is 5. The molecule has 3 aliphatic heterocycles. The SMILES string of the molecule is Clc1ccc(O[C@@H]2C3CCN(CC3)[C@@H]2Cc2cccnc2)nn1. The standard InChI is InChI=1S/C17H19ClN4O/c18-15-3-4-16(21-20-15)23-17-13-5-8-22(9-6-13)14(17)10-12-2-1-7-19-11-12/h1-4,7,11,13-14,17H,5-6,8-10H2/t14-,17-/m1/s1. The molecule has 6 heteroatoms. The van der Waals surface area contributed by atoms with Crippen LogP contribution < -0.4 is 4.74 Å². The molecule has 3 aliphatic rings. The summed E-state index contributed by atoms with van der Waals surface area (Å²) in [6.07, 6.45) is 7.24. The first kappa shape index (κ1) is 14.8. The van der Waals surface area contributed by atoms with Crippen LogP contribution in [0.15, 0.2) is 36.7 Å². The third-order valence-electron chi connectivity index (χ3n) is 4.92. The summed E-state index contributed by atoms with van der Waals surface area (Å²) in [7, 11) is 0. The molecule has 0 N–H and O–H groups in total. The van der Waals surface area contributed by atoms with Crippen molar-refractivity contribution in [2.24, 2.45) is 5.92 Å². The van der Waals surface area contributed by atoms with E-state index in [-0.39, 0.29) is 6.10 Å². The molecule has 2 atom stereocenters. The Bertz CT molecular complexity index is 643. The molecule has 0 amide bonds. The van der Waals surface area contributed by atoms with Crippen molar-refractivity contribution in [2.75, 3.05) is 13.1 Å². The second kappa shape index (κ2) is 6.42. The molecule has 0 spiro atoms. The van der Waals surface area contributed by atoms with Crippen LogP contribution in [0.1, 0.15) is 18.4 Å². The summed E-state index contributed by atoms with van der Waals surface area (Å²) in [5.74, 6) is 1.14. The van der Waals surface area contributed by atoms with E-state index in [1.54, 1.807) is 12.1 Å². The van der Waals surface area contributed by atoms with E-state index in [0.717, 1.165) is 19.5 Å². The van der Waals surface area contributed by atoms with Gasteiger partial charge in [0.1, 0.15) is 6.10 Å². The summed E-state index contributed by atoms with van der Waals surface area (Å²) in [4.78, 5) is 6.78. The monoisotopic (exact) mass is 330 g/mol. The highest BCUT2D eigenvalue weighted by Gasteiger charge is 2.43. The second-order valence-electron chi connectivity index (χ2n) is 6.28. The predicted octanol–water partition coefficient (Wildman–Crippen LogP) is 2.61. The molecule has 0 radical (unpaired) electrons. The van der Waals surface area contributed by atoms with Gasteiger partial charge < -0.3 is 4.74 Å². The van der Waals surface area contributed by atoms with Gasteiger partial charge in [-0.2, -0.15) is 0 Å². The Balaban J connectivity index is 1.55. The molecule has 0 saturated carbocycles. The summed E-state index contributed by atoms with van der Waals surface area (Å²) in [6.45, 7) is 2.31. The summed E-state index contributed by atoms with van der Waals surface area (Å²) in [5.41, 5.74) is 1.25. The molecule has 2 aromatic heterocycles. The molecule has 120 valence electrons. The van der Waals surface area contributed by atoms with Crippen molar-refractivity contribution in [2.45, 2.75) is 31.4 Å². The number of ether oxygens (including phenoxy) is 1. The molecular formula is C17H19ClN4O. The molecule has 0 aliphatic carbocycles. The smallest absolute Gasteiger partial charge is 0.233 e. The number of pyridine rings is 1. The lowest BCUT2D eigenvalue weighted by Crippen LogP contribution is -2.60. The zero-order chi connectivity index (χ0) is 15.6. The lowest BCUT2D eigenvalue weighted by molar-refractivity contribution is -0.0599. The summed E-state index contributed by atoms with van der Waals surface area (Å²) in [6, 6.07) is 8.02. The van der Waals surface area contributed by atoms with E-state index in [2.05, 4.69) is 26.1 Å². The molecule has 3 fully saturated rings. The number of nitrogens with zero attached hydrogens (tertiary/aromatic N) is 4. The largest absolute Gasteiger partial charge is 0.471 e. The van der Waals surface area contributed by atoms with E-state index in [0.29, 0.717) is 23.0 Å². The molecule has 3 saturated heterocycles. The van der Waals surface area contributed by atoms with Gasteiger partial charge in [-0.1, -0.05) is 17.7 Å². The minimum absolute atomic E-state index is 0.146. The van der Waals surface area contributed by atoms with Crippen LogP contribution in [0.2, 0.25) is 5.15 Å². The Labute approximate surface area is 140 Å². The van der Waals surface area contributed by atoms with E-state index >= 15 is 0 Å². The number of fused-ring (bicyclic) bond motifs is 3. The first-order chi connectivity index (χ1) is 11.3. The maximum Gasteiger partial charge on any atom is 0.233 e. The fraction of sp³-hybridized carbons (Fsp3) is 0.471. The Kier molecular flexibility index (Phi) is 4.14. The Morgan fingerprint density at radius 3 is 2.74 bits per heavy atom. The van der Waals surface area contributed by atoms with Gasteiger partial charge in [-0.3, -0.25) is 9.88 Å². The highest BCUT2D eigenvalue weighted by Crippen LogP contribution is 2.36. The van der Waals surface area contributed by atoms with Crippen molar-refractivity contribution in [1.82, 2.24) is 20.1 Å². The number of piperidine rings is 3. The average Bonchev–Trinajstić information content (AvgIpc) is 2.61. The van der Waals surface area contributed by atoms with Gasteiger partial charge in [0.05, 0.1) is 6.04 Å². The minimum Gasteiger partial charge on any atom is -0.471 e. The molecular weight excluding hydrogens is 312 g/mol. The number of aromatic nitrogens is 3. The highest BCUT2D eigenvalue weighted by atomic mass is 35.5. The number of halogens is 1. The first-order valence-corrected chi connectivity index (χ1v) is 8.46. The Morgan fingerprint density at radius 1 is 1.17 bits per heavy atom. The summed E-state index contributed by atoms with van der Waals surface area (Å²) < 4.78 is 6.23. The fourth-order valence-corrected chi connectivity index (χ4v) is 3.89.